The summed E-state index contributed by atoms with van der Waals surface area (Å²) in [6.45, 7) is 3.43. The third kappa shape index (κ3) is 5.81. The van der Waals surface area contributed by atoms with E-state index in [2.05, 4.69) is 83.9 Å². The highest BCUT2D eigenvalue weighted by Crippen LogP contribution is 2.21. The number of hydrogen-bond acceptors (Lipinski definition) is 2. The molecule has 1 atom stereocenters. The Balaban J connectivity index is 1.84. The first kappa shape index (κ1) is 18.3. The first-order valence-corrected chi connectivity index (χ1v) is 9.24. The van der Waals surface area contributed by atoms with Crippen molar-refractivity contribution >= 4 is 22.6 Å². The van der Waals surface area contributed by atoms with Crippen molar-refractivity contribution in [3.8, 4) is 5.75 Å². The van der Waals surface area contributed by atoms with Crippen LogP contribution in [0.1, 0.15) is 24.5 Å². The first-order valence-electron chi connectivity index (χ1n) is 8.16. The van der Waals surface area contributed by atoms with Crippen molar-refractivity contribution in [3.05, 3.63) is 63.2 Å². The summed E-state index contributed by atoms with van der Waals surface area (Å²) in [6, 6.07) is 17.6. The van der Waals surface area contributed by atoms with E-state index >= 15 is 0 Å². The van der Waals surface area contributed by atoms with Gasteiger partial charge in [0.25, 0.3) is 0 Å². The van der Waals surface area contributed by atoms with Gasteiger partial charge in [-0.05, 0) is 91.7 Å². The Labute approximate surface area is 154 Å². The van der Waals surface area contributed by atoms with Crippen LogP contribution in [0.5, 0.6) is 5.75 Å². The van der Waals surface area contributed by atoms with Gasteiger partial charge in [0.1, 0.15) is 5.75 Å². The number of hydrogen-bond donors (Lipinski definition) is 0. The highest BCUT2D eigenvalue weighted by molar-refractivity contribution is 14.1. The average molecular weight is 423 g/mol. The zero-order valence-electron chi connectivity index (χ0n) is 14.3. The van der Waals surface area contributed by atoms with Crippen molar-refractivity contribution in [1.29, 1.82) is 0 Å². The van der Waals surface area contributed by atoms with E-state index in [9.17, 15) is 0 Å². The molecule has 2 aromatic rings. The summed E-state index contributed by atoms with van der Waals surface area (Å²) in [4.78, 5) is 2.46. The van der Waals surface area contributed by atoms with E-state index < -0.39 is 0 Å². The summed E-state index contributed by atoms with van der Waals surface area (Å²) in [7, 11) is 3.95. The largest absolute Gasteiger partial charge is 0.497 e. The molecule has 0 spiro atoms. The van der Waals surface area contributed by atoms with Crippen molar-refractivity contribution < 1.29 is 4.74 Å². The third-order valence-corrected chi connectivity index (χ3v) is 5.39. The molecule has 0 saturated heterocycles. The lowest BCUT2D eigenvalue weighted by Crippen LogP contribution is -2.32. The zero-order valence-corrected chi connectivity index (χ0v) is 16.4. The van der Waals surface area contributed by atoms with Gasteiger partial charge in [-0.1, -0.05) is 30.3 Å². The number of rotatable bonds is 8. The number of likely N-dealkylation sites (N-methyl/N-ethyl adjacent to an activating group) is 1. The predicted octanol–water partition coefficient (Wildman–Crippen LogP) is 4.80. The average Bonchev–Trinajstić information content (AvgIpc) is 2.57. The fraction of sp³-hybridized carbons (Fsp3) is 0.400. The van der Waals surface area contributed by atoms with Gasteiger partial charge in [-0.25, -0.2) is 0 Å². The van der Waals surface area contributed by atoms with Crippen LogP contribution >= 0.6 is 22.6 Å². The number of methoxy groups -OCH3 is 1. The number of benzene rings is 2. The molecule has 2 aromatic carbocycles. The number of ether oxygens (including phenoxy) is 1. The maximum atomic E-state index is 5.35. The summed E-state index contributed by atoms with van der Waals surface area (Å²) in [5.41, 5.74) is 2.79. The van der Waals surface area contributed by atoms with E-state index in [-0.39, 0.29) is 0 Å². The Kier molecular flexibility index (Phi) is 7.37. The second-order valence-corrected chi connectivity index (χ2v) is 7.24. The smallest absolute Gasteiger partial charge is 0.119 e. The van der Waals surface area contributed by atoms with Gasteiger partial charge in [0.15, 0.2) is 0 Å². The highest BCUT2D eigenvalue weighted by Gasteiger charge is 2.12. The van der Waals surface area contributed by atoms with Crippen LogP contribution in [0.2, 0.25) is 0 Å². The molecule has 3 heteroatoms. The van der Waals surface area contributed by atoms with Crippen molar-refractivity contribution in [2.45, 2.75) is 32.2 Å². The van der Waals surface area contributed by atoms with Crippen LogP contribution in [0, 0.1) is 3.57 Å². The van der Waals surface area contributed by atoms with Gasteiger partial charge in [0.2, 0.25) is 0 Å². The number of halogens is 1. The van der Waals surface area contributed by atoms with Gasteiger partial charge >= 0.3 is 0 Å². The molecule has 0 aromatic heterocycles. The van der Waals surface area contributed by atoms with Gasteiger partial charge in [-0.3, -0.25) is 0 Å². The molecule has 0 N–H and O–H groups in total. The minimum absolute atomic E-state index is 0.520. The lowest BCUT2D eigenvalue weighted by Gasteiger charge is -2.25. The molecule has 0 aliphatic rings. The molecule has 0 bridgehead atoms. The van der Waals surface area contributed by atoms with Crippen LogP contribution in [0.25, 0.3) is 0 Å². The van der Waals surface area contributed by atoms with E-state index in [1.807, 2.05) is 6.07 Å². The van der Waals surface area contributed by atoms with Crippen LogP contribution in [0.3, 0.4) is 0 Å². The Morgan fingerprint density at radius 2 is 1.87 bits per heavy atom. The van der Waals surface area contributed by atoms with E-state index in [0.717, 1.165) is 25.1 Å². The molecule has 2 rings (SSSR count). The van der Waals surface area contributed by atoms with Crippen LogP contribution in [0.4, 0.5) is 0 Å². The van der Waals surface area contributed by atoms with E-state index in [1.165, 1.54) is 21.1 Å². The minimum Gasteiger partial charge on any atom is -0.497 e. The fourth-order valence-corrected chi connectivity index (χ4v) is 3.26. The van der Waals surface area contributed by atoms with Crippen molar-refractivity contribution in [3.63, 3.8) is 0 Å². The molecule has 2 nitrogen and oxygen atoms in total. The number of nitrogens with zero attached hydrogens (tertiary/aromatic N) is 1. The SMILES string of the molecule is COc1ccc(I)c(C[C@H](C)N(C)CCCc2ccccc2)c1. The summed E-state index contributed by atoms with van der Waals surface area (Å²) in [5.74, 6) is 0.944. The topological polar surface area (TPSA) is 12.5 Å². The van der Waals surface area contributed by atoms with Gasteiger partial charge in [-0.15, -0.1) is 0 Å². The van der Waals surface area contributed by atoms with E-state index in [0.29, 0.717) is 6.04 Å². The van der Waals surface area contributed by atoms with E-state index in [1.54, 1.807) is 7.11 Å². The van der Waals surface area contributed by atoms with Crippen LogP contribution in [-0.2, 0) is 12.8 Å². The quantitative estimate of drug-likeness (QED) is 0.566. The molecule has 124 valence electrons. The Morgan fingerprint density at radius 3 is 2.57 bits per heavy atom. The zero-order chi connectivity index (χ0) is 16.7. The van der Waals surface area contributed by atoms with E-state index in [4.69, 9.17) is 4.74 Å². The highest BCUT2D eigenvalue weighted by atomic mass is 127. The fourth-order valence-electron chi connectivity index (χ4n) is 2.71. The molecule has 0 radical (unpaired) electrons. The molecule has 0 aliphatic carbocycles. The van der Waals surface area contributed by atoms with Gasteiger partial charge in [0, 0.05) is 9.61 Å². The lowest BCUT2D eigenvalue weighted by molar-refractivity contribution is 0.253. The monoisotopic (exact) mass is 423 g/mol. The molecule has 0 saturated carbocycles. The normalized spacial score (nSPS) is 12.4. The summed E-state index contributed by atoms with van der Waals surface area (Å²) in [5, 5.41) is 0. The summed E-state index contributed by atoms with van der Waals surface area (Å²) < 4.78 is 6.66. The molecule has 23 heavy (non-hydrogen) atoms. The molecular formula is C20H26INO. The van der Waals surface area contributed by atoms with Gasteiger partial charge < -0.3 is 9.64 Å². The van der Waals surface area contributed by atoms with Crippen molar-refractivity contribution in [2.75, 3.05) is 20.7 Å². The Hall–Kier alpha value is -1.07. The third-order valence-electron chi connectivity index (χ3n) is 4.34. The molecular weight excluding hydrogens is 397 g/mol. The van der Waals surface area contributed by atoms with Crippen LogP contribution in [0.15, 0.2) is 48.5 Å². The van der Waals surface area contributed by atoms with Crippen molar-refractivity contribution in [1.82, 2.24) is 4.90 Å². The minimum atomic E-state index is 0.520. The molecule has 0 fully saturated rings. The second kappa shape index (κ2) is 9.28. The van der Waals surface area contributed by atoms with Crippen LogP contribution in [-0.4, -0.2) is 31.6 Å². The number of aryl methyl sites for hydroxylation is 1. The summed E-state index contributed by atoms with van der Waals surface area (Å²) >= 11 is 2.41. The predicted molar refractivity (Wildman–Crippen MR) is 106 cm³/mol. The summed E-state index contributed by atoms with van der Waals surface area (Å²) in [6.07, 6.45) is 3.39. The maximum Gasteiger partial charge on any atom is 0.119 e. The molecule has 0 amide bonds. The Morgan fingerprint density at radius 1 is 1.13 bits per heavy atom. The van der Waals surface area contributed by atoms with Gasteiger partial charge in [-0.2, -0.15) is 0 Å². The second-order valence-electron chi connectivity index (χ2n) is 6.08. The standard InChI is InChI=1S/C20H26INO/c1-16(14-18-15-19(23-3)11-12-20(18)21)22(2)13-7-10-17-8-5-4-6-9-17/h4-6,8-9,11-12,15-16H,7,10,13-14H2,1-3H3/t16-/m0/s1. The van der Waals surface area contributed by atoms with Crippen molar-refractivity contribution in [2.24, 2.45) is 0 Å². The Bertz CT molecular complexity index is 600. The molecule has 0 unspecified atom stereocenters. The van der Waals surface area contributed by atoms with Gasteiger partial charge in [0.05, 0.1) is 7.11 Å². The lowest BCUT2D eigenvalue weighted by atomic mass is 10.0. The van der Waals surface area contributed by atoms with Crippen LogP contribution < -0.4 is 4.74 Å². The molecule has 0 aliphatic heterocycles. The molecule has 0 heterocycles. The first-order chi connectivity index (χ1) is 11.1. The maximum absolute atomic E-state index is 5.35.